The Morgan fingerprint density at radius 3 is 2.75 bits per heavy atom. The van der Waals surface area contributed by atoms with Crippen LogP contribution < -0.4 is 0 Å². The summed E-state index contributed by atoms with van der Waals surface area (Å²) in [4.78, 5) is 0. The van der Waals surface area contributed by atoms with E-state index in [-0.39, 0.29) is 0 Å². The van der Waals surface area contributed by atoms with Gasteiger partial charge in [-0.3, -0.25) is 0 Å². The molecular weight excluding hydrogens is 152 g/mol. The van der Waals surface area contributed by atoms with Gasteiger partial charge in [0, 0.05) is 0 Å². The number of hydrogen-bond donors (Lipinski definition) is 2. The molecule has 2 bridgehead atoms. The summed E-state index contributed by atoms with van der Waals surface area (Å²) in [5.41, 5.74) is -0.723. The van der Waals surface area contributed by atoms with Crippen molar-refractivity contribution < 1.29 is 10.2 Å². The zero-order valence-electron chi connectivity index (χ0n) is 7.50. The molecular formula is C10H18O2. The molecule has 2 N–H and O–H groups in total. The number of hydrogen-bond acceptors (Lipinski definition) is 2. The Morgan fingerprint density at radius 2 is 1.92 bits per heavy atom. The van der Waals surface area contributed by atoms with E-state index in [0.29, 0.717) is 5.92 Å². The highest BCUT2D eigenvalue weighted by Crippen LogP contribution is 2.41. The van der Waals surface area contributed by atoms with Crippen LogP contribution in [-0.4, -0.2) is 21.9 Å². The minimum Gasteiger partial charge on any atom is -0.390 e. The van der Waals surface area contributed by atoms with Gasteiger partial charge in [-0.2, -0.15) is 0 Å². The SMILES string of the molecule is OC1CCC2CCCCC1(O)C2. The van der Waals surface area contributed by atoms with E-state index in [0.717, 1.165) is 32.1 Å². The molecule has 0 amide bonds. The molecule has 0 heterocycles. The zero-order chi connectivity index (χ0) is 8.60. The van der Waals surface area contributed by atoms with E-state index >= 15 is 0 Å². The van der Waals surface area contributed by atoms with Crippen LogP contribution in [0.3, 0.4) is 0 Å². The first kappa shape index (κ1) is 8.52. The van der Waals surface area contributed by atoms with Gasteiger partial charge in [-0.05, 0) is 31.6 Å². The van der Waals surface area contributed by atoms with Crippen LogP contribution in [0.15, 0.2) is 0 Å². The third-order valence-electron chi connectivity index (χ3n) is 3.58. The summed E-state index contributed by atoms with van der Waals surface area (Å²) >= 11 is 0. The summed E-state index contributed by atoms with van der Waals surface area (Å²) in [6.07, 6.45) is 6.70. The van der Waals surface area contributed by atoms with Crippen molar-refractivity contribution in [3.8, 4) is 0 Å². The van der Waals surface area contributed by atoms with E-state index in [1.165, 1.54) is 12.8 Å². The van der Waals surface area contributed by atoms with Crippen LogP contribution in [-0.2, 0) is 0 Å². The molecule has 2 rings (SSSR count). The number of aliphatic hydroxyl groups is 2. The van der Waals surface area contributed by atoms with E-state index in [2.05, 4.69) is 0 Å². The topological polar surface area (TPSA) is 40.5 Å². The third kappa shape index (κ3) is 1.38. The van der Waals surface area contributed by atoms with Crippen LogP contribution >= 0.6 is 0 Å². The van der Waals surface area contributed by atoms with Crippen molar-refractivity contribution in [3.05, 3.63) is 0 Å². The van der Waals surface area contributed by atoms with Crippen LogP contribution in [0.5, 0.6) is 0 Å². The fraction of sp³-hybridized carbons (Fsp3) is 1.00. The molecule has 0 saturated heterocycles. The first-order valence-electron chi connectivity index (χ1n) is 5.11. The van der Waals surface area contributed by atoms with Crippen molar-refractivity contribution in [1.29, 1.82) is 0 Å². The Kier molecular flexibility index (Phi) is 2.13. The molecule has 0 aliphatic heterocycles. The Labute approximate surface area is 73.6 Å². The first-order valence-corrected chi connectivity index (χ1v) is 5.11. The van der Waals surface area contributed by atoms with Crippen LogP contribution in [0.1, 0.15) is 44.9 Å². The van der Waals surface area contributed by atoms with Crippen molar-refractivity contribution in [2.45, 2.75) is 56.7 Å². The van der Waals surface area contributed by atoms with Gasteiger partial charge in [-0.1, -0.05) is 19.3 Å². The molecule has 2 aliphatic carbocycles. The quantitative estimate of drug-likeness (QED) is 0.577. The average molecular weight is 170 g/mol. The van der Waals surface area contributed by atoms with Gasteiger partial charge in [0.15, 0.2) is 0 Å². The zero-order valence-corrected chi connectivity index (χ0v) is 7.50. The molecule has 3 unspecified atom stereocenters. The van der Waals surface area contributed by atoms with Crippen LogP contribution in [0.2, 0.25) is 0 Å². The number of aliphatic hydroxyl groups excluding tert-OH is 1. The highest BCUT2D eigenvalue weighted by Gasteiger charge is 2.42. The summed E-state index contributed by atoms with van der Waals surface area (Å²) < 4.78 is 0. The molecule has 2 heteroatoms. The van der Waals surface area contributed by atoms with Crippen molar-refractivity contribution in [2.75, 3.05) is 0 Å². The Bertz CT molecular complexity index is 169. The van der Waals surface area contributed by atoms with Crippen molar-refractivity contribution in [2.24, 2.45) is 5.92 Å². The molecule has 2 aliphatic rings. The lowest BCUT2D eigenvalue weighted by molar-refractivity contribution is -0.113. The van der Waals surface area contributed by atoms with Gasteiger partial charge >= 0.3 is 0 Å². The average Bonchev–Trinajstić information content (AvgIpc) is 2.20. The summed E-state index contributed by atoms with van der Waals surface area (Å²) in [5.74, 6) is 0.681. The lowest BCUT2D eigenvalue weighted by atomic mass is 9.75. The second-order valence-electron chi connectivity index (χ2n) is 4.51. The van der Waals surface area contributed by atoms with Gasteiger partial charge in [0.25, 0.3) is 0 Å². The minimum atomic E-state index is -0.723. The van der Waals surface area contributed by atoms with E-state index in [9.17, 15) is 10.2 Å². The first-order chi connectivity index (χ1) is 5.71. The molecule has 2 saturated carbocycles. The molecule has 12 heavy (non-hydrogen) atoms. The Morgan fingerprint density at radius 1 is 1.08 bits per heavy atom. The molecule has 3 atom stereocenters. The highest BCUT2D eigenvalue weighted by atomic mass is 16.3. The normalized spacial score (nSPS) is 48.5. The Hall–Kier alpha value is -0.0800. The Balaban J connectivity index is 2.13. The minimum absolute atomic E-state index is 0.452. The molecule has 0 aromatic rings. The van der Waals surface area contributed by atoms with Gasteiger partial charge in [0.1, 0.15) is 0 Å². The maximum atomic E-state index is 10.1. The largest absolute Gasteiger partial charge is 0.390 e. The van der Waals surface area contributed by atoms with E-state index < -0.39 is 11.7 Å². The van der Waals surface area contributed by atoms with Gasteiger partial charge in [-0.25, -0.2) is 0 Å². The maximum absolute atomic E-state index is 10.1. The molecule has 2 nitrogen and oxygen atoms in total. The molecule has 0 radical (unpaired) electrons. The molecule has 0 aromatic heterocycles. The monoisotopic (exact) mass is 170 g/mol. The van der Waals surface area contributed by atoms with Crippen molar-refractivity contribution in [1.82, 2.24) is 0 Å². The maximum Gasteiger partial charge on any atom is 0.0908 e. The number of rotatable bonds is 0. The van der Waals surface area contributed by atoms with Crippen LogP contribution in [0, 0.1) is 5.92 Å². The standard InChI is InChI=1S/C10H18O2/c11-9-5-4-8-3-1-2-6-10(9,12)7-8/h8-9,11-12H,1-7H2. The summed E-state index contributed by atoms with van der Waals surface area (Å²) in [6.45, 7) is 0. The highest BCUT2D eigenvalue weighted by molar-refractivity contribution is 4.94. The van der Waals surface area contributed by atoms with Gasteiger partial charge in [0.05, 0.1) is 11.7 Å². The van der Waals surface area contributed by atoms with E-state index in [1.807, 2.05) is 0 Å². The van der Waals surface area contributed by atoms with Crippen molar-refractivity contribution >= 4 is 0 Å². The molecule has 2 fully saturated rings. The van der Waals surface area contributed by atoms with E-state index in [4.69, 9.17) is 0 Å². The van der Waals surface area contributed by atoms with Gasteiger partial charge in [-0.15, -0.1) is 0 Å². The van der Waals surface area contributed by atoms with Crippen molar-refractivity contribution in [3.63, 3.8) is 0 Å². The summed E-state index contributed by atoms with van der Waals surface area (Å²) in [5, 5.41) is 19.8. The number of fused-ring (bicyclic) bond motifs is 2. The lowest BCUT2D eigenvalue weighted by Gasteiger charge is -2.39. The lowest BCUT2D eigenvalue weighted by Crippen LogP contribution is -2.46. The third-order valence-corrected chi connectivity index (χ3v) is 3.58. The second-order valence-corrected chi connectivity index (χ2v) is 4.51. The predicted octanol–water partition coefficient (Wildman–Crippen LogP) is 1.45. The van der Waals surface area contributed by atoms with Crippen LogP contribution in [0.4, 0.5) is 0 Å². The summed E-state index contributed by atoms with van der Waals surface area (Å²) in [6, 6.07) is 0. The molecule has 0 spiro atoms. The predicted molar refractivity (Wildman–Crippen MR) is 46.8 cm³/mol. The smallest absolute Gasteiger partial charge is 0.0908 e. The fourth-order valence-electron chi connectivity index (χ4n) is 2.78. The van der Waals surface area contributed by atoms with Crippen LogP contribution in [0.25, 0.3) is 0 Å². The van der Waals surface area contributed by atoms with Gasteiger partial charge in [0.2, 0.25) is 0 Å². The van der Waals surface area contributed by atoms with Gasteiger partial charge < -0.3 is 10.2 Å². The summed E-state index contributed by atoms with van der Waals surface area (Å²) in [7, 11) is 0. The molecule has 0 aromatic carbocycles. The second kappa shape index (κ2) is 3.00. The fourth-order valence-corrected chi connectivity index (χ4v) is 2.78. The van der Waals surface area contributed by atoms with E-state index in [1.54, 1.807) is 0 Å². The molecule has 70 valence electrons.